The highest BCUT2D eigenvalue weighted by molar-refractivity contribution is 5.87. The Morgan fingerprint density at radius 3 is 2.71 bits per heavy atom. The lowest BCUT2D eigenvalue weighted by Crippen LogP contribution is -2.13. The normalized spacial score (nSPS) is 12.3. The van der Waals surface area contributed by atoms with Crippen molar-refractivity contribution < 1.29 is 4.39 Å². The molecule has 0 aliphatic rings. The topological polar surface area (TPSA) is 105 Å². The summed E-state index contributed by atoms with van der Waals surface area (Å²) in [7, 11) is 0. The first kappa shape index (κ1) is 13.3. The second-order valence-electron chi connectivity index (χ2n) is 4.59. The number of nitrogens with zero attached hydrogens (tertiary/aromatic N) is 3. The monoisotopic (exact) mass is 287 g/mol. The third kappa shape index (κ3) is 2.61. The fraction of sp³-hybridized carbons (Fsp3) is 0.154. The number of rotatable bonds is 4. The largest absolute Gasteiger partial charge is 0.363 e. The highest BCUT2D eigenvalue weighted by Crippen LogP contribution is 2.24. The van der Waals surface area contributed by atoms with E-state index in [0.717, 1.165) is 10.9 Å². The Labute approximate surface area is 119 Å². The van der Waals surface area contributed by atoms with E-state index in [-0.39, 0.29) is 17.8 Å². The van der Waals surface area contributed by atoms with Gasteiger partial charge in [-0.15, -0.1) is 0 Å². The molecule has 3 rings (SSSR count). The summed E-state index contributed by atoms with van der Waals surface area (Å²) in [6.07, 6.45) is 1.63. The standard InChI is InChI=1S/C13H14FN7/c1-7(8-2-4-9(14)5-3-8)17-11-10-6-16-21-12(10)19-13(18-11)20-15/h2-7H,15H2,1H3,(H3,16,17,18,19,20,21). The molecule has 2 heterocycles. The van der Waals surface area contributed by atoms with E-state index in [0.29, 0.717) is 11.5 Å². The maximum atomic E-state index is 13.0. The number of hydrogen-bond donors (Lipinski definition) is 4. The van der Waals surface area contributed by atoms with Gasteiger partial charge in [-0.2, -0.15) is 15.1 Å². The van der Waals surface area contributed by atoms with Crippen LogP contribution in [0.5, 0.6) is 0 Å². The molecule has 0 amide bonds. The second-order valence-corrected chi connectivity index (χ2v) is 4.59. The third-order valence-electron chi connectivity index (χ3n) is 3.16. The molecule has 5 N–H and O–H groups in total. The van der Waals surface area contributed by atoms with Crippen molar-refractivity contribution in [2.24, 2.45) is 5.84 Å². The zero-order chi connectivity index (χ0) is 14.8. The number of halogens is 1. The predicted molar refractivity (Wildman–Crippen MR) is 77.9 cm³/mol. The average molecular weight is 287 g/mol. The zero-order valence-electron chi connectivity index (χ0n) is 11.3. The summed E-state index contributed by atoms with van der Waals surface area (Å²) in [5, 5.41) is 10.7. The van der Waals surface area contributed by atoms with Crippen LogP contribution in [0.1, 0.15) is 18.5 Å². The Morgan fingerprint density at radius 1 is 1.24 bits per heavy atom. The van der Waals surface area contributed by atoms with Gasteiger partial charge in [0, 0.05) is 6.04 Å². The van der Waals surface area contributed by atoms with E-state index < -0.39 is 0 Å². The fourth-order valence-electron chi connectivity index (χ4n) is 2.05. The first-order chi connectivity index (χ1) is 10.2. The quantitative estimate of drug-likeness (QED) is 0.432. The Balaban J connectivity index is 1.93. The number of benzene rings is 1. The lowest BCUT2D eigenvalue weighted by atomic mass is 10.1. The molecule has 21 heavy (non-hydrogen) atoms. The molecule has 2 aromatic heterocycles. The summed E-state index contributed by atoms with van der Waals surface area (Å²) < 4.78 is 13.0. The van der Waals surface area contributed by atoms with Crippen molar-refractivity contribution in [2.75, 3.05) is 10.7 Å². The number of nitrogen functional groups attached to an aromatic ring is 1. The molecule has 1 atom stereocenters. The molecule has 8 heteroatoms. The van der Waals surface area contributed by atoms with Crippen LogP contribution < -0.4 is 16.6 Å². The van der Waals surface area contributed by atoms with E-state index in [2.05, 4.69) is 30.9 Å². The zero-order valence-corrected chi connectivity index (χ0v) is 11.3. The summed E-state index contributed by atoms with van der Waals surface area (Å²) in [6, 6.07) is 6.23. The number of aromatic nitrogens is 4. The van der Waals surface area contributed by atoms with Crippen LogP contribution in [0.15, 0.2) is 30.5 Å². The van der Waals surface area contributed by atoms with Gasteiger partial charge < -0.3 is 5.32 Å². The van der Waals surface area contributed by atoms with Crippen molar-refractivity contribution in [3.8, 4) is 0 Å². The second kappa shape index (κ2) is 5.33. The molecule has 0 saturated heterocycles. The Hall–Kier alpha value is -2.74. The van der Waals surface area contributed by atoms with Crippen molar-refractivity contribution in [3.05, 3.63) is 41.8 Å². The minimum atomic E-state index is -0.264. The first-order valence-corrected chi connectivity index (χ1v) is 6.37. The van der Waals surface area contributed by atoms with Crippen LogP contribution in [0.2, 0.25) is 0 Å². The van der Waals surface area contributed by atoms with Crippen molar-refractivity contribution in [3.63, 3.8) is 0 Å². The predicted octanol–water partition coefficient (Wildman–Crippen LogP) is 1.95. The summed E-state index contributed by atoms with van der Waals surface area (Å²) in [6.45, 7) is 1.96. The molecule has 0 aliphatic carbocycles. The molecular formula is C13H14FN7. The molecule has 0 spiro atoms. The molecule has 3 aromatic rings. The SMILES string of the molecule is CC(Nc1nc(NN)nc2[nH]ncc12)c1ccc(F)cc1. The van der Waals surface area contributed by atoms with Crippen LogP contribution in [-0.4, -0.2) is 20.2 Å². The van der Waals surface area contributed by atoms with Gasteiger partial charge >= 0.3 is 0 Å². The summed E-state index contributed by atoms with van der Waals surface area (Å²) in [4.78, 5) is 8.43. The molecule has 108 valence electrons. The van der Waals surface area contributed by atoms with Crippen LogP contribution in [0.3, 0.4) is 0 Å². The van der Waals surface area contributed by atoms with E-state index >= 15 is 0 Å². The van der Waals surface area contributed by atoms with Gasteiger partial charge in [0.15, 0.2) is 5.65 Å². The molecular weight excluding hydrogens is 273 g/mol. The number of anilines is 2. The van der Waals surface area contributed by atoms with Crippen molar-refractivity contribution in [1.29, 1.82) is 0 Å². The lowest BCUT2D eigenvalue weighted by molar-refractivity contribution is 0.626. The average Bonchev–Trinajstić information content (AvgIpc) is 2.96. The van der Waals surface area contributed by atoms with Gasteiger partial charge in [-0.1, -0.05) is 12.1 Å². The van der Waals surface area contributed by atoms with Gasteiger partial charge in [0.2, 0.25) is 5.95 Å². The lowest BCUT2D eigenvalue weighted by Gasteiger charge is -2.16. The summed E-state index contributed by atoms with van der Waals surface area (Å²) in [5.41, 5.74) is 3.92. The van der Waals surface area contributed by atoms with E-state index in [4.69, 9.17) is 5.84 Å². The van der Waals surface area contributed by atoms with Crippen molar-refractivity contribution in [2.45, 2.75) is 13.0 Å². The van der Waals surface area contributed by atoms with Gasteiger partial charge in [0.05, 0.1) is 11.6 Å². The van der Waals surface area contributed by atoms with Crippen molar-refractivity contribution >= 4 is 22.8 Å². The van der Waals surface area contributed by atoms with Gasteiger partial charge in [0.1, 0.15) is 11.6 Å². The van der Waals surface area contributed by atoms with Crippen LogP contribution in [0.25, 0.3) is 11.0 Å². The molecule has 0 fully saturated rings. The maximum Gasteiger partial charge on any atom is 0.241 e. The Bertz CT molecular complexity index is 753. The summed E-state index contributed by atoms with van der Waals surface area (Å²) >= 11 is 0. The van der Waals surface area contributed by atoms with Gasteiger partial charge in [0.25, 0.3) is 0 Å². The minimum absolute atomic E-state index is 0.0655. The number of nitrogens with one attached hydrogen (secondary N) is 3. The molecule has 1 unspecified atom stereocenters. The molecule has 1 aromatic carbocycles. The van der Waals surface area contributed by atoms with Crippen LogP contribution in [-0.2, 0) is 0 Å². The number of hydrazine groups is 1. The first-order valence-electron chi connectivity index (χ1n) is 6.37. The maximum absolute atomic E-state index is 13.0. The number of aromatic amines is 1. The summed E-state index contributed by atoms with van der Waals surface area (Å²) in [5.74, 6) is 5.97. The van der Waals surface area contributed by atoms with Gasteiger partial charge in [-0.05, 0) is 24.6 Å². The number of nitrogens with two attached hydrogens (primary N) is 1. The number of H-pyrrole nitrogens is 1. The molecule has 0 radical (unpaired) electrons. The van der Waals surface area contributed by atoms with Crippen molar-refractivity contribution in [1.82, 2.24) is 20.2 Å². The van der Waals surface area contributed by atoms with E-state index in [1.54, 1.807) is 18.3 Å². The van der Waals surface area contributed by atoms with E-state index in [1.807, 2.05) is 6.92 Å². The minimum Gasteiger partial charge on any atom is -0.363 e. The molecule has 0 saturated carbocycles. The highest BCUT2D eigenvalue weighted by Gasteiger charge is 2.12. The van der Waals surface area contributed by atoms with Crippen LogP contribution in [0, 0.1) is 5.82 Å². The van der Waals surface area contributed by atoms with E-state index in [9.17, 15) is 4.39 Å². The highest BCUT2D eigenvalue weighted by atomic mass is 19.1. The van der Waals surface area contributed by atoms with Crippen LogP contribution >= 0.6 is 0 Å². The number of fused-ring (bicyclic) bond motifs is 1. The Morgan fingerprint density at radius 2 is 2.00 bits per heavy atom. The smallest absolute Gasteiger partial charge is 0.241 e. The van der Waals surface area contributed by atoms with Crippen LogP contribution in [0.4, 0.5) is 16.2 Å². The third-order valence-corrected chi connectivity index (χ3v) is 3.16. The molecule has 0 aliphatic heterocycles. The van der Waals surface area contributed by atoms with Gasteiger partial charge in [-0.25, -0.2) is 10.2 Å². The number of hydrogen-bond acceptors (Lipinski definition) is 6. The molecule has 7 nitrogen and oxygen atoms in total. The molecule has 0 bridgehead atoms. The Kier molecular flexibility index (Phi) is 3.36. The van der Waals surface area contributed by atoms with E-state index in [1.165, 1.54) is 12.1 Å². The fourth-order valence-corrected chi connectivity index (χ4v) is 2.05. The van der Waals surface area contributed by atoms with Gasteiger partial charge in [-0.3, -0.25) is 10.5 Å².